The van der Waals surface area contributed by atoms with Gasteiger partial charge in [-0.3, -0.25) is 15.0 Å². The molecule has 0 aliphatic carbocycles. The van der Waals surface area contributed by atoms with E-state index in [0.29, 0.717) is 16.7 Å². The van der Waals surface area contributed by atoms with Gasteiger partial charge in [0.25, 0.3) is 5.91 Å². The summed E-state index contributed by atoms with van der Waals surface area (Å²) in [5, 5.41) is 1.98. The highest BCUT2D eigenvalue weighted by Crippen LogP contribution is 2.32. The van der Waals surface area contributed by atoms with Crippen LogP contribution < -0.4 is 15.7 Å². The van der Waals surface area contributed by atoms with Crippen molar-refractivity contribution in [2.24, 2.45) is 0 Å². The number of rotatable bonds is 6. The van der Waals surface area contributed by atoms with Gasteiger partial charge in [-0.25, -0.2) is 9.80 Å². The highest BCUT2D eigenvalue weighted by Gasteiger charge is 2.31. The molecule has 0 radical (unpaired) electrons. The zero-order chi connectivity index (χ0) is 25.1. The molecule has 1 atom stereocenters. The largest absolute Gasteiger partial charge is 0.497 e. The lowest BCUT2D eigenvalue weighted by atomic mass is 10.0. The molecule has 5 rings (SSSR count). The quantitative estimate of drug-likeness (QED) is 0.406. The Kier molecular flexibility index (Phi) is 6.23. The third-order valence-corrected chi connectivity index (χ3v) is 5.95. The lowest BCUT2D eigenvalue weighted by molar-refractivity contribution is -0.137. The van der Waals surface area contributed by atoms with Crippen LogP contribution in [0.4, 0.5) is 0 Å². The van der Waals surface area contributed by atoms with Crippen LogP contribution in [-0.4, -0.2) is 35.6 Å². The standard InChI is InChI=1S/C28H23N3O5/c1-35-20-13-11-19(12-14-20)25-16-24(18-7-3-2-4-8-18)30-31(25)27(33)17-36-28(34)22-15-26(32)29-23-10-6-5-9-21(22)23/h2-16,25,30H,17H2,1H3,(H,29,32)/t25-/m0/s1. The number of fused-ring (bicyclic) bond motifs is 1. The SMILES string of the molecule is COc1ccc([C@@H]2C=C(c3ccccc3)NN2C(=O)COC(=O)c2cc(=O)[nH]c3ccccc23)cc1. The Morgan fingerprint density at radius 3 is 2.42 bits per heavy atom. The monoisotopic (exact) mass is 481 g/mol. The van der Waals surface area contributed by atoms with Crippen molar-refractivity contribution in [2.75, 3.05) is 13.7 Å². The summed E-state index contributed by atoms with van der Waals surface area (Å²) in [6.45, 7) is -0.504. The molecule has 36 heavy (non-hydrogen) atoms. The van der Waals surface area contributed by atoms with Crippen LogP contribution in [-0.2, 0) is 9.53 Å². The zero-order valence-electron chi connectivity index (χ0n) is 19.4. The fourth-order valence-electron chi connectivity index (χ4n) is 4.16. The van der Waals surface area contributed by atoms with Crippen LogP contribution in [0.1, 0.15) is 27.5 Å². The van der Waals surface area contributed by atoms with E-state index in [1.165, 1.54) is 11.1 Å². The Bertz CT molecular complexity index is 1510. The first-order chi connectivity index (χ1) is 17.5. The van der Waals surface area contributed by atoms with Crippen LogP contribution in [0, 0.1) is 0 Å². The maximum absolute atomic E-state index is 13.3. The van der Waals surface area contributed by atoms with Crippen molar-refractivity contribution in [3.8, 4) is 5.75 Å². The van der Waals surface area contributed by atoms with E-state index >= 15 is 0 Å². The van der Waals surface area contributed by atoms with Gasteiger partial charge in [0.15, 0.2) is 6.61 Å². The average Bonchev–Trinajstić information content (AvgIpc) is 3.37. The number of carbonyl (C=O) groups is 2. The van der Waals surface area contributed by atoms with E-state index in [1.807, 2.05) is 60.7 Å². The number of nitrogens with one attached hydrogen (secondary N) is 2. The average molecular weight is 482 g/mol. The van der Waals surface area contributed by atoms with Crippen LogP contribution in [0.25, 0.3) is 16.6 Å². The Hall–Kier alpha value is -4.85. The van der Waals surface area contributed by atoms with E-state index in [2.05, 4.69) is 10.4 Å². The van der Waals surface area contributed by atoms with E-state index in [4.69, 9.17) is 9.47 Å². The number of benzene rings is 3. The molecule has 2 heterocycles. The molecule has 180 valence electrons. The van der Waals surface area contributed by atoms with E-state index in [-0.39, 0.29) is 5.56 Å². The summed E-state index contributed by atoms with van der Waals surface area (Å²) < 4.78 is 10.6. The molecular weight excluding hydrogens is 458 g/mol. The van der Waals surface area contributed by atoms with Gasteiger partial charge in [0.1, 0.15) is 5.75 Å². The van der Waals surface area contributed by atoms with Gasteiger partial charge in [0, 0.05) is 17.0 Å². The number of ether oxygens (including phenoxy) is 2. The lowest BCUT2D eigenvalue weighted by Gasteiger charge is -2.25. The van der Waals surface area contributed by atoms with Crippen LogP contribution in [0.5, 0.6) is 5.75 Å². The van der Waals surface area contributed by atoms with Crippen LogP contribution in [0.3, 0.4) is 0 Å². The highest BCUT2D eigenvalue weighted by molar-refractivity contribution is 6.03. The number of hydrazine groups is 1. The molecule has 2 N–H and O–H groups in total. The fraction of sp³-hybridized carbons (Fsp3) is 0.107. The van der Waals surface area contributed by atoms with Gasteiger partial charge in [0.05, 0.1) is 24.4 Å². The number of H-pyrrole nitrogens is 1. The molecule has 8 heteroatoms. The van der Waals surface area contributed by atoms with Crippen molar-refractivity contribution in [1.82, 2.24) is 15.4 Å². The zero-order valence-corrected chi connectivity index (χ0v) is 19.4. The maximum Gasteiger partial charge on any atom is 0.339 e. The first-order valence-corrected chi connectivity index (χ1v) is 11.3. The summed E-state index contributed by atoms with van der Waals surface area (Å²) in [6.07, 6.45) is 1.95. The number of esters is 1. The fourth-order valence-corrected chi connectivity index (χ4v) is 4.16. The molecule has 1 aliphatic heterocycles. The summed E-state index contributed by atoms with van der Waals surface area (Å²) in [5.41, 5.74) is 5.88. The molecule has 0 fully saturated rings. The number of amides is 1. The normalized spacial score (nSPS) is 14.8. The Morgan fingerprint density at radius 1 is 0.944 bits per heavy atom. The second-order valence-electron chi connectivity index (χ2n) is 8.21. The van der Waals surface area contributed by atoms with Crippen LogP contribution in [0.15, 0.2) is 95.8 Å². The first-order valence-electron chi connectivity index (χ1n) is 11.3. The van der Waals surface area contributed by atoms with Gasteiger partial charge in [-0.15, -0.1) is 0 Å². The van der Waals surface area contributed by atoms with Gasteiger partial charge < -0.3 is 14.5 Å². The number of para-hydroxylation sites is 1. The molecule has 1 aliphatic rings. The molecule has 0 unspecified atom stereocenters. The number of aromatic amines is 1. The van der Waals surface area contributed by atoms with E-state index in [9.17, 15) is 14.4 Å². The van der Waals surface area contributed by atoms with Gasteiger partial charge in [-0.1, -0.05) is 60.7 Å². The van der Waals surface area contributed by atoms with E-state index in [0.717, 1.165) is 16.8 Å². The Balaban J connectivity index is 1.37. The number of nitrogens with zero attached hydrogens (tertiary/aromatic N) is 1. The first kappa shape index (κ1) is 22.9. The second-order valence-corrected chi connectivity index (χ2v) is 8.21. The van der Waals surface area contributed by atoms with Crippen molar-refractivity contribution in [3.63, 3.8) is 0 Å². The summed E-state index contributed by atoms with van der Waals surface area (Å²) in [7, 11) is 1.59. The maximum atomic E-state index is 13.3. The number of methoxy groups -OCH3 is 1. The molecule has 0 saturated carbocycles. The van der Waals surface area contributed by atoms with Gasteiger partial charge in [-0.05, 0) is 35.4 Å². The van der Waals surface area contributed by atoms with Crippen molar-refractivity contribution >= 4 is 28.5 Å². The molecule has 0 saturated heterocycles. The molecule has 0 spiro atoms. The molecule has 1 aromatic heterocycles. The van der Waals surface area contributed by atoms with Crippen molar-refractivity contribution in [1.29, 1.82) is 0 Å². The van der Waals surface area contributed by atoms with Crippen molar-refractivity contribution in [3.05, 3.63) is 118 Å². The minimum absolute atomic E-state index is 0.103. The van der Waals surface area contributed by atoms with E-state index < -0.39 is 30.1 Å². The number of aromatic nitrogens is 1. The van der Waals surface area contributed by atoms with Gasteiger partial charge >= 0.3 is 5.97 Å². The van der Waals surface area contributed by atoms with Gasteiger partial charge in [-0.2, -0.15) is 0 Å². The predicted molar refractivity (Wildman–Crippen MR) is 135 cm³/mol. The second kappa shape index (κ2) is 9.79. The topological polar surface area (TPSA) is 101 Å². The Morgan fingerprint density at radius 2 is 1.67 bits per heavy atom. The van der Waals surface area contributed by atoms with Crippen molar-refractivity contribution in [2.45, 2.75) is 6.04 Å². The summed E-state index contributed by atoms with van der Waals surface area (Å²) in [6, 6.07) is 24.7. The number of pyridine rings is 1. The van der Waals surface area contributed by atoms with Crippen LogP contribution in [0.2, 0.25) is 0 Å². The minimum atomic E-state index is -0.748. The molecule has 1 amide bonds. The van der Waals surface area contributed by atoms with Gasteiger partial charge in [0.2, 0.25) is 5.56 Å². The molecular formula is C28H23N3O5. The predicted octanol–water partition coefficient (Wildman–Crippen LogP) is 3.82. The van der Waals surface area contributed by atoms with Crippen LogP contribution >= 0.6 is 0 Å². The smallest absolute Gasteiger partial charge is 0.339 e. The summed E-state index contributed by atoms with van der Waals surface area (Å²) >= 11 is 0. The molecule has 8 nitrogen and oxygen atoms in total. The van der Waals surface area contributed by atoms with E-state index in [1.54, 1.807) is 31.4 Å². The third-order valence-electron chi connectivity index (χ3n) is 5.95. The minimum Gasteiger partial charge on any atom is -0.497 e. The van der Waals surface area contributed by atoms with Crippen molar-refractivity contribution < 1.29 is 19.1 Å². The number of hydrogen-bond acceptors (Lipinski definition) is 6. The Labute approximate surface area is 206 Å². The molecule has 3 aromatic carbocycles. The molecule has 4 aromatic rings. The molecule has 0 bridgehead atoms. The summed E-state index contributed by atoms with van der Waals surface area (Å²) in [4.78, 5) is 40.8. The number of carbonyl (C=O) groups excluding carboxylic acids is 2. The highest BCUT2D eigenvalue weighted by atomic mass is 16.5. The number of hydrogen-bond donors (Lipinski definition) is 2. The summed E-state index contributed by atoms with van der Waals surface area (Å²) in [5.74, 6) is -0.489. The third kappa shape index (κ3) is 4.56. The lowest BCUT2D eigenvalue weighted by Crippen LogP contribution is -2.42.